The lowest BCUT2D eigenvalue weighted by Crippen LogP contribution is -2.23. The molecule has 1 N–H and O–H groups in total. The molecule has 3 rings (SSSR count). The Morgan fingerprint density at radius 3 is 2.50 bits per heavy atom. The standard InChI is InChI=1S/C17H13FN2O2/c1-20-10-12(11-6-2-5-9-15(11)20)16(21)17(22)19-14-8-4-3-7-13(14)18/h2-10H,1H3,(H,19,22). The molecule has 1 amide bonds. The summed E-state index contributed by atoms with van der Waals surface area (Å²) < 4.78 is 15.3. The molecule has 0 bridgehead atoms. The Balaban J connectivity index is 1.93. The smallest absolute Gasteiger partial charge is 0.296 e. The molecule has 0 aliphatic carbocycles. The maximum atomic E-state index is 13.5. The Morgan fingerprint density at radius 1 is 1.05 bits per heavy atom. The first-order valence-corrected chi connectivity index (χ1v) is 6.72. The number of ketones is 1. The van der Waals surface area contributed by atoms with E-state index in [-0.39, 0.29) is 5.69 Å². The van der Waals surface area contributed by atoms with Crippen molar-refractivity contribution in [2.75, 3.05) is 5.32 Å². The van der Waals surface area contributed by atoms with Gasteiger partial charge in [0.1, 0.15) is 5.82 Å². The van der Waals surface area contributed by atoms with Gasteiger partial charge in [0.2, 0.25) is 0 Å². The second-order valence-electron chi connectivity index (χ2n) is 4.93. The van der Waals surface area contributed by atoms with Crippen LogP contribution in [0.15, 0.2) is 54.7 Å². The summed E-state index contributed by atoms with van der Waals surface area (Å²) in [5.74, 6) is -2.14. The van der Waals surface area contributed by atoms with Crippen LogP contribution in [0.4, 0.5) is 10.1 Å². The van der Waals surface area contributed by atoms with Gasteiger partial charge in [-0.25, -0.2) is 4.39 Å². The van der Waals surface area contributed by atoms with Gasteiger partial charge in [-0.05, 0) is 18.2 Å². The van der Waals surface area contributed by atoms with Gasteiger partial charge < -0.3 is 9.88 Å². The van der Waals surface area contributed by atoms with Crippen LogP contribution < -0.4 is 5.32 Å². The van der Waals surface area contributed by atoms with Crippen LogP contribution in [-0.4, -0.2) is 16.3 Å². The SMILES string of the molecule is Cn1cc(C(=O)C(=O)Nc2ccccc2F)c2ccccc21. The normalized spacial score (nSPS) is 10.6. The number of anilines is 1. The molecule has 2 aromatic carbocycles. The Morgan fingerprint density at radius 2 is 1.73 bits per heavy atom. The monoisotopic (exact) mass is 296 g/mol. The molecule has 3 aromatic rings. The Kier molecular flexibility index (Phi) is 3.47. The predicted octanol–water partition coefficient (Wildman–Crippen LogP) is 3.14. The second-order valence-corrected chi connectivity index (χ2v) is 4.93. The van der Waals surface area contributed by atoms with Crippen LogP contribution in [0, 0.1) is 5.82 Å². The topological polar surface area (TPSA) is 51.1 Å². The van der Waals surface area contributed by atoms with Crippen molar-refractivity contribution in [1.82, 2.24) is 4.57 Å². The summed E-state index contributed by atoms with van der Waals surface area (Å²) in [6.07, 6.45) is 1.61. The number of hydrogen-bond acceptors (Lipinski definition) is 2. The number of carbonyl (C=O) groups excluding carboxylic acids is 2. The third-order valence-electron chi connectivity index (χ3n) is 3.47. The summed E-state index contributed by atoms with van der Waals surface area (Å²) in [6, 6.07) is 13.0. The number of aromatic nitrogens is 1. The molecule has 0 fully saturated rings. The van der Waals surface area contributed by atoms with Gasteiger partial charge in [-0.2, -0.15) is 0 Å². The molecular formula is C17H13FN2O2. The highest BCUT2D eigenvalue weighted by Gasteiger charge is 2.21. The number of Topliss-reactive ketones (excluding diaryl/α,β-unsaturated/α-hetero) is 1. The molecule has 0 aliphatic heterocycles. The molecule has 0 radical (unpaired) electrons. The largest absolute Gasteiger partial charge is 0.350 e. The van der Waals surface area contributed by atoms with Crippen molar-refractivity contribution in [3.63, 3.8) is 0 Å². The van der Waals surface area contributed by atoms with E-state index in [9.17, 15) is 14.0 Å². The van der Waals surface area contributed by atoms with Crippen molar-refractivity contribution in [1.29, 1.82) is 0 Å². The highest BCUT2D eigenvalue weighted by atomic mass is 19.1. The molecule has 22 heavy (non-hydrogen) atoms. The van der Waals surface area contributed by atoms with E-state index in [0.29, 0.717) is 10.9 Å². The van der Waals surface area contributed by atoms with Crippen LogP contribution in [-0.2, 0) is 11.8 Å². The van der Waals surface area contributed by atoms with E-state index >= 15 is 0 Å². The number of aryl methyl sites for hydroxylation is 1. The summed E-state index contributed by atoms with van der Waals surface area (Å²) >= 11 is 0. The van der Waals surface area contributed by atoms with Crippen molar-refractivity contribution < 1.29 is 14.0 Å². The minimum absolute atomic E-state index is 0.0129. The van der Waals surface area contributed by atoms with Gasteiger partial charge >= 0.3 is 0 Å². The molecule has 1 heterocycles. The molecule has 1 aromatic heterocycles. The third-order valence-corrected chi connectivity index (χ3v) is 3.47. The molecule has 0 atom stereocenters. The molecule has 0 saturated heterocycles. The Hall–Kier alpha value is -2.95. The molecule has 0 saturated carbocycles. The zero-order valence-corrected chi connectivity index (χ0v) is 11.8. The number of benzene rings is 2. The quantitative estimate of drug-likeness (QED) is 0.596. The van der Waals surface area contributed by atoms with E-state index in [1.54, 1.807) is 36.0 Å². The zero-order valence-electron chi connectivity index (χ0n) is 11.8. The summed E-state index contributed by atoms with van der Waals surface area (Å²) in [7, 11) is 1.80. The fraction of sp³-hybridized carbons (Fsp3) is 0.0588. The maximum absolute atomic E-state index is 13.5. The number of hydrogen-bond donors (Lipinski definition) is 1. The van der Waals surface area contributed by atoms with Gasteiger partial charge in [-0.1, -0.05) is 30.3 Å². The van der Waals surface area contributed by atoms with E-state index in [2.05, 4.69) is 5.32 Å². The minimum Gasteiger partial charge on any atom is -0.350 e. The molecule has 0 aliphatic rings. The number of nitrogens with one attached hydrogen (secondary N) is 1. The molecule has 4 nitrogen and oxygen atoms in total. The zero-order chi connectivity index (χ0) is 15.7. The second kappa shape index (κ2) is 5.44. The third kappa shape index (κ3) is 2.37. The van der Waals surface area contributed by atoms with Crippen LogP contribution >= 0.6 is 0 Å². The first-order chi connectivity index (χ1) is 10.6. The number of para-hydroxylation sites is 2. The number of nitrogens with zero attached hydrogens (tertiary/aromatic N) is 1. The molecular weight excluding hydrogens is 283 g/mol. The molecule has 0 unspecified atom stereocenters. The number of amides is 1. The lowest BCUT2D eigenvalue weighted by Gasteiger charge is -2.04. The van der Waals surface area contributed by atoms with Gasteiger partial charge in [0.15, 0.2) is 0 Å². The summed E-state index contributed by atoms with van der Waals surface area (Å²) in [6.45, 7) is 0. The van der Waals surface area contributed by atoms with E-state index in [1.165, 1.54) is 18.2 Å². The fourth-order valence-electron chi connectivity index (χ4n) is 2.39. The van der Waals surface area contributed by atoms with Crippen LogP contribution in [0.25, 0.3) is 10.9 Å². The summed E-state index contributed by atoms with van der Waals surface area (Å²) in [5, 5.41) is 3.00. The van der Waals surface area contributed by atoms with Gasteiger partial charge in [0.25, 0.3) is 11.7 Å². The Bertz CT molecular complexity index is 883. The van der Waals surface area contributed by atoms with Crippen molar-refractivity contribution in [3.05, 3.63) is 66.1 Å². The average Bonchev–Trinajstić information content (AvgIpc) is 2.86. The first kappa shape index (κ1) is 14.0. The van der Waals surface area contributed by atoms with Crippen LogP contribution in [0.2, 0.25) is 0 Å². The van der Waals surface area contributed by atoms with Gasteiger partial charge in [-0.3, -0.25) is 9.59 Å². The lowest BCUT2D eigenvalue weighted by molar-refractivity contribution is -0.112. The van der Waals surface area contributed by atoms with E-state index in [0.717, 1.165) is 5.52 Å². The predicted molar refractivity (Wildman–Crippen MR) is 82.3 cm³/mol. The fourth-order valence-corrected chi connectivity index (χ4v) is 2.39. The van der Waals surface area contributed by atoms with E-state index < -0.39 is 17.5 Å². The highest BCUT2D eigenvalue weighted by Crippen LogP contribution is 2.21. The lowest BCUT2D eigenvalue weighted by atomic mass is 10.1. The first-order valence-electron chi connectivity index (χ1n) is 6.72. The van der Waals surface area contributed by atoms with Crippen molar-refractivity contribution in [2.45, 2.75) is 0 Å². The highest BCUT2D eigenvalue weighted by molar-refractivity contribution is 6.48. The number of rotatable bonds is 3. The van der Waals surface area contributed by atoms with Crippen LogP contribution in [0.5, 0.6) is 0 Å². The molecule has 5 heteroatoms. The van der Waals surface area contributed by atoms with Gasteiger partial charge in [0, 0.05) is 24.1 Å². The van der Waals surface area contributed by atoms with Gasteiger partial charge in [-0.15, -0.1) is 0 Å². The summed E-state index contributed by atoms with van der Waals surface area (Å²) in [5.41, 5.74) is 1.14. The van der Waals surface area contributed by atoms with Gasteiger partial charge in [0.05, 0.1) is 11.3 Å². The van der Waals surface area contributed by atoms with E-state index in [4.69, 9.17) is 0 Å². The minimum atomic E-state index is -0.860. The van der Waals surface area contributed by atoms with Crippen molar-refractivity contribution in [2.24, 2.45) is 7.05 Å². The average molecular weight is 296 g/mol. The van der Waals surface area contributed by atoms with Crippen LogP contribution in [0.3, 0.4) is 0 Å². The Labute approximate surface area is 126 Å². The molecule has 0 spiro atoms. The number of carbonyl (C=O) groups is 2. The van der Waals surface area contributed by atoms with Crippen LogP contribution in [0.1, 0.15) is 10.4 Å². The summed E-state index contributed by atoms with van der Waals surface area (Å²) in [4.78, 5) is 24.4. The number of halogens is 1. The number of fused-ring (bicyclic) bond motifs is 1. The maximum Gasteiger partial charge on any atom is 0.296 e. The van der Waals surface area contributed by atoms with Crippen molar-refractivity contribution in [3.8, 4) is 0 Å². The van der Waals surface area contributed by atoms with Crippen molar-refractivity contribution >= 4 is 28.3 Å². The molecule has 110 valence electrons. The van der Waals surface area contributed by atoms with E-state index in [1.807, 2.05) is 12.1 Å².